The van der Waals surface area contributed by atoms with E-state index < -0.39 is 0 Å². The molecule has 16 heavy (non-hydrogen) atoms. The highest BCUT2D eigenvalue weighted by Crippen LogP contribution is 2.56. The van der Waals surface area contributed by atoms with Gasteiger partial charge in [-0.2, -0.15) is 0 Å². The first-order valence-electron chi connectivity index (χ1n) is 5.69. The predicted octanol–water partition coefficient (Wildman–Crippen LogP) is 4.61. The predicted molar refractivity (Wildman–Crippen MR) is 70.6 cm³/mol. The Morgan fingerprint density at radius 1 is 0.688 bits per heavy atom. The van der Waals surface area contributed by atoms with Crippen molar-refractivity contribution in [1.82, 2.24) is 0 Å². The van der Waals surface area contributed by atoms with E-state index in [1.807, 2.05) is 0 Å². The Morgan fingerprint density at radius 2 is 1.06 bits per heavy atom. The fraction of sp³-hybridized carbons (Fsp3) is 0.200. The second-order valence-electron chi connectivity index (χ2n) is 4.17. The third-order valence-corrected chi connectivity index (χ3v) is 4.69. The smallest absolute Gasteiger partial charge is 0.0317 e. The summed E-state index contributed by atoms with van der Waals surface area (Å²) in [6, 6.07) is 21.6. The van der Waals surface area contributed by atoms with Crippen molar-refractivity contribution in [3.05, 3.63) is 71.8 Å². The maximum Gasteiger partial charge on any atom is 0.0317 e. The van der Waals surface area contributed by atoms with Gasteiger partial charge in [0.1, 0.15) is 0 Å². The molecule has 1 fully saturated rings. The fourth-order valence-corrected chi connectivity index (χ4v) is 3.42. The summed E-state index contributed by atoms with van der Waals surface area (Å²) < 4.78 is 0. The molecule has 80 valence electrons. The number of benzene rings is 2. The van der Waals surface area contributed by atoms with Crippen LogP contribution < -0.4 is 0 Å². The van der Waals surface area contributed by atoms with Gasteiger partial charge >= 0.3 is 0 Å². The molecule has 0 aliphatic carbocycles. The van der Waals surface area contributed by atoms with Crippen molar-refractivity contribution in [2.24, 2.45) is 0 Å². The molecule has 0 spiro atoms. The molecular weight excluding hydrogens is 212 g/mol. The van der Waals surface area contributed by atoms with E-state index in [9.17, 15) is 0 Å². The zero-order chi connectivity index (χ0) is 10.8. The van der Waals surface area contributed by atoms with Crippen LogP contribution in [0, 0.1) is 0 Å². The first-order chi connectivity index (χ1) is 7.93. The normalized spacial score (nSPS) is 23.8. The highest BCUT2D eigenvalue weighted by Gasteiger charge is 2.31. The minimum atomic E-state index is 0.700. The summed E-state index contributed by atoms with van der Waals surface area (Å²) in [4.78, 5) is 0. The van der Waals surface area contributed by atoms with Gasteiger partial charge in [0, 0.05) is 10.5 Å². The van der Waals surface area contributed by atoms with Crippen LogP contribution in [0.4, 0.5) is 0 Å². The van der Waals surface area contributed by atoms with Crippen molar-refractivity contribution in [3.63, 3.8) is 0 Å². The molecular formula is C15H14S. The lowest BCUT2D eigenvalue weighted by molar-refractivity contribution is 0.720. The highest BCUT2D eigenvalue weighted by molar-refractivity contribution is 8.01. The molecule has 1 aliphatic heterocycles. The van der Waals surface area contributed by atoms with Crippen LogP contribution in [-0.4, -0.2) is 0 Å². The second-order valence-corrected chi connectivity index (χ2v) is 5.58. The Kier molecular flexibility index (Phi) is 2.71. The van der Waals surface area contributed by atoms with Gasteiger partial charge in [0.2, 0.25) is 0 Å². The number of thioether (sulfide) groups is 1. The number of hydrogen-bond donors (Lipinski definition) is 0. The molecule has 1 aliphatic rings. The molecule has 2 aromatic carbocycles. The molecule has 0 radical (unpaired) electrons. The monoisotopic (exact) mass is 226 g/mol. The molecule has 0 aromatic heterocycles. The van der Waals surface area contributed by atoms with Gasteiger partial charge in [-0.1, -0.05) is 60.7 Å². The molecule has 0 unspecified atom stereocenters. The number of hydrogen-bond acceptors (Lipinski definition) is 1. The van der Waals surface area contributed by atoms with E-state index in [4.69, 9.17) is 0 Å². The van der Waals surface area contributed by atoms with Gasteiger partial charge in [-0.25, -0.2) is 0 Å². The van der Waals surface area contributed by atoms with E-state index >= 15 is 0 Å². The van der Waals surface area contributed by atoms with E-state index in [-0.39, 0.29) is 0 Å². The van der Waals surface area contributed by atoms with Crippen molar-refractivity contribution >= 4 is 11.8 Å². The largest absolute Gasteiger partial charge is 0.145 e. The van der Waals surface area contributed by atoms with Crippen molar-refractivity contribution in [2.75, 3.05) is 0 Å². The molecule has 1 heterocycles. The lowest BCUT2D eigenvalue weighted by atomic mass is 10.0. The van der Waals surface area contributed by atoms with Crippen LogP contribution in [0.25, 0.3) is 0 Å². The van der Waals surface area contributed by atoms with E-state index in [1.54, 1.807) is 0 Å². The van der Waals surface area contributed by atoms with Crippen LogP contribution in [0.5, 0.6) is 0 Å². The Morgan fingerprint density at radius 3 is 1.44 bits per heavy atom. The fourth-order valence-electron chi connectivity index (χ4n) is 2.15. The molecule has 0 N–H and O–H groups in total. The number of rotatable bonds is 2. The van der Waals surface area contributed by atoms with Gasteiger partial charge in [0.05, 0.1) is 0 Å². The van der Waals surface area contributed by atoms with Crippen molar-refractivity contribution in [1.29, 1.82) is 0 Å². The Labute approximate surface area is 101 Å². The van der Waals surface area contributed by atoms with Gasteiger partial charge in [-0.3, -0.25) is 0 Å². The maximum atomic E-state index is 2.24. The van der Waals surface area contributed by atoms with Gasteiger partial charge in [-0.05, 0) is 17.5 Å². The van der Waals surface area contributed by atoms with Gasteiger partial charge < -0.3 is 0 Å². The van der Waals surface area contributed by atoms with Crippen LogP contribution in [0.1, 0.15) is 28.0 Å². The maximum absolute atomic E-state index is 2.24. The van der Waals surface area contributed by atoms with E-state index in [1.165, 1.54) is 17.5 Å². The van der Waals surface area contributed by atoms with Gasteiger partial charge in [-0.15, -0.1) is 11.8 Å². The van der Waals surface area contributed by atoms with Gasteiger partial charge in [0.25, 0.3) is 0 Å². The Balaban J connectivity index is 1.68. The molecule has 0 nitrogen and oxygen atoms in total. The molecule has 0 saturated carbocycles. The van der Waals surface area contributed by atoms with Crippen LogP contribution in [0.3, 0.4) is 0 Å². The summed E-state index contributed by atoms with van der Waals surface area (Å²) >= 11 is 2.08. The molecule has 1 saturated heterocycles. The molecule has 3 rings (SSSR count). The van der Waals surface area contributed by atoms with E-state index in [0.717, 1.165) is 0 Å². The topological polar surface area (TPSA) is 0 Å². The molecule has 0 amide bonds. The van der Waals surface area contributed by atoms with Crippen molar-refractivity contribution in [2.45, 2.75) is 16.9 Å². The van der Waals surface area contributed by atoms with Crippen molar-refractivity contribution in [3.8, 4) is 0 Å². The first kappa shape index (κ1) is 9.98. The van der Waals surface area contributed by atoms with Crippen LogP contribution in [0.15, 0.2) is 60.7 Å². The highest BCUT2D eigenvalue weighted by atomic mass is 32.2. The SMILES string of the molecule is c1ccc([C@H]2C[C@H](c3ccccc3)S2)cc1. The van der Waals surface area contributed by atoms with Crippen LogP contribution in [0.2, 0.25) is 0 Å². The summed E-state index contributed by atoms with van der Waals surface area (Å²) in [7, 11) is 0. The lowest BCUT2D eigenvalue weighted by Gasteiger charge is -2.35. The Hall–Kier alpha value is -1.21. The third kappa shape index (κ3) is 1.88. The summed E-state index contributed by atoms with van der Waals surface area (Å²) in [5, 5.41) is 1.40. The minimum absolute atomic E-state index is 0.700. The summed E-state index contributed by atoms with van der Waals surface area (Å²) in [5.74, 6) is 0. The molecule has 0 bridgehead atoms. The average molecular weight is 226 g/mol. The van der Waals surface area contributed by atoms with Crippen LogP contribution >= 0.6 is 11.8 Å². The average Bonchev–Trinajstić information content (AvgIpc) is 2.30. The minimum Gasteiger partial charge on any atom is -0.145 e. The third-order valence-electron chi connectivity index (χ3n) is 3.10. The van der Waals surface area contributed by atoms with Crippen molar-refractivity contribution < 1.29 is 0 Å². The van der Waals surface area contributed by atoms with E-state index in [0.29, 0.717) is 10.5 Å². The summed E-state index contributed by atoms with van der Waals surface area (Å²) in [6.45, 7) is 0. The lowest BCUT2D eigenvalue weighted by Crippen LogP contribution is -2.12. The van der Waals surface area contributed by atoms with Crippen LogP contribution in [-0.2, 0) is 0 Å². The molecule has 2 atom stereocenters. The van der Waals surface area contributed by atoms with Gasteiger partial charge in [0.15, 0.2) is 0 Å². The quantitative estimate of drug-likeness (QED) is 0.720. The summed E-state index contributed by atoms with van der Waals surface area (Å²) in [6.07, 6.45) is 1.28. The Bertz CT molecular complexity index is 400. The molecule has 2 aromatic rings. The zero-order valence-corrected chi connectivity index (χ0v) is 9.86. The summed E-state index contributed by atoms with van der Waals surface area (Å²) in [5.41, 5.74) is 2.94. The van der Waals surface area contributed by atoms with E-state index in [2.05, 4.69) is 72.4 Å². The molecule has 1 heteroatoms. The standard InChI is InChI=1S/C15H14S/c1-3-7-12(8-4-1)14-11-15(16-14)13-9-5-2-6-10-13/h1-10,14-15H,11H2/t14-,15-/m1/s1. The first-order valence-corrected chi connectivity index (χ1v) is 6.63. The zero-order valence-electron chi connectivity index (χ0n) is 9.04. The second kappa shape index (κ2) is 4.34.